The molecule has 0 spiro atoms. The second-order valence-corrected chi connectivity index (χ2v) is 10.1. The fraction of sp³-hybridized carbons (Fsp3) is 0.0690. The maximum absolute atomic E-state index is 13.2. The summed E-state index contributed by atoms with van der Waals surface area (Å²) in [6.45, 7) is 3.25. The monoisotopic (exact) mass is 481 g/mol. The number of rotatable bonds is 5. The molecule has 0 aliphatic heterocycles. The van der Waals surface area contributed by atoms with E-state index in [-0.39, 0.29) is 4.90 Å². The van der Waals surface area contributed by atoms with Gasteiger partial charge in [0, 0.05) is 23.7 Å². The first-order valence-electron chi connectivity index (χ1n) is 11.1. The number of anilines is 1. The van der Waals surface area contributed by atoms with Crippen molar-refractivity contribution in [2.75, 3.05) is 4.72 Å². The van der Waals surface area contributed by atoms with E-state index in [1.165, 1.54) is 6.92 Å². The van der Waals surface area contributed by atoms with Crippen molar-refractivity contribution in [1.29, 1.82) is 0 Å². The van der Waals surface area contributed by atoms with Crippen LogP contribution in [0, 0.1) is 0 Å². The first-order valence-corrected chi connectivity index (χ1v) is 12.6. The summed E-state index contributed by atoms with van der Waals surface area (Å²) in [6.07, 6.45) is 2.03. The normalized spacial score (nSPS) is 14.3. The summed E-state index contributed by atoms with van der Waals surface area (Å²) in [7, 11) is -3.83. The Morgan fingerprint density at radius 2 is 1.54 bits per heavy atom. The zero-order valence-corrected chi connectivity index (χ0v) is 20.1. The Balaban J connectivity index is 1.54. The van der Waals surface area contributed by atoms with Crippen molar-refractivity contribution in [3.8, 4) is 0 Å². The fourth-order valence-corrected chi connectivity index (χ4v) is 5.37. The van der Waals surface area contributed by atoms with E-state index in [0.717, 1.165) is 33.0 Å². The molecular formula is C29H23NO4S. The van der Waals surface area contributed by atoms with Gasteiger partial charge in [0.2, 0.25) is 0 Å². The van der Waals surface area contributed by atoms with Crippen LogP contribution in [0.2, 0.25) is 0 Å². The van der Waals surface area contributed by atoms with Gasteiger partial charge in [-0.3, -0.25) is 9.52 Å². The number of benzene rings is 4. The summed E-state index contributed by atoms with van der Waals surface area (Å²) in [6, 6.07) is 27.8. The zero-order valence-electron chi connectivity index (χ0n) is 19.3. The number of carbonyl (C=O) groups excluding carboxylic acids is 1. The third-order valence-corrected chi connectivity index (χ3v) is 7.32. The highest BCUT2D eigenvalue weighted by atomic mass is 32.2. The van der Waals surface area contributed by atoms with E-state index in [1.54, 1.807) is 30.3 Å². The maximum atomic E-state index is 13.2. The van der Waals surface area contributed by atoms with Crippen molar-refractivity contribution in [3.05, 3.63) is 113 Å². The lowest BCUT2D eigenvalue weighted by Crippen LogP contribution is -2.13. The Kier molecular flexibility index (Phi) is 5.75. The van der Waals surface area contributed by atoms with E-state index in [1.807, 2.05) is 73.7 Å². The Hall–Kier alpha value is -4.16. The fourth-order valence-electron chi connectivity index (χ4n) is 4.28. The molecule has 0 radical (unpaired) electrons. The number of allylic oxidation sites excluding steroid dienone is 2. The Bertz CT molecular complexity index is 1630. The van der Waals surface area contributed by atoms with E-state index in [9.17, 15) is 13.2 Å². The first-order chi connectivity index (χ1) is 16.8. The van der Waals surface area contributed by atoms with Gasteiger partial charge in [-0.1, -0.05) is 66.7 Å². The molecular weight excluding hydrogens is 458 g/mol. The summed E-state index contributed by atoms with van der Waals surface area (Å²) >= 11 is 0. The predicted molar refractivity (Wildman–Crippen MR) is 140 cm³/mol. The van der Waals surface area contributed by atoms with Crippen LogP contribution in [-0.4, -0.2) is 14.4 Å². The molecule has 4 aromatic rings. The van der Waals surface area contributed by atoms with Gasteiger partial charge in [-0.2, -0.15) is 0 Å². The molecule has 0 unspecified atom stereocenters. The minimum absolute atomic E-state index is 0.174. The molecule has 1 aliphatic carbocycles. The Morgan fingerprint density at radius 3 is 2.29 bits per heavy atom. The van der Waals surface area contributed by atoms with Crippen LogP contribution < -0.4 is 4.72 Å². The number of hydrogen-bond acceptors (Lipinski definition) is 4. The van der Waals surface area contributed by atoms with Crippen LogP contribution in [0.25, 0.3) is 28.2 Å². The maximum Gasteiger partial charge on any atom is 0.308 e. The number of ether oxygens (including phenoxy) is 1. The van der Waals surface area contributed by atoms with Gasteiger partial charge in [0.1, 0.15) is 5.76 Å². The van der Waals surface area contributed by atoms with Gasteiger partial charge in [0.25, 0.3) is 10.0 Å². The number of nitrogens with one attached hydrogen (secondary N) is 1. The molecule has 174 valence electrons. The quantitative estimate of drug-likeness (QED) is 0.331. The van der Waals surface area contributed by atoms with Crippen LogP contribution in [0.15, 0.2) is 101 Å². The predicted octanol–water partition coefficient (Wildman–Crippen LogP) is 6.49. The van der Waals surface area contributed by atoms with Crippen molar-refractivity contribution >= 4 is 49.9 Å². The standard InChI is InChI=1S/C29H23NO4S/c1-19-27(16-21-8-4-3-5-9-21)26-15-13-24(18-28(26)29(19)34-20(2)31)30-35(32,33)25-14-12-22-10-6-7-11-23(22)17-25/h3-18,30H,1-2H3/b27-16+. The Morgan fingerprint density at radius 1 is 0.829 bits per heavy atom. The highest BCUT2D eigenvalue weighted by Crippen LogP contribution is 2.44. The van der Waals surface area contributed by atoms with Crippen LogP contribution in [0.5, 0.6) is 0 Å². The second kappa shape index (κ2) is 8.89. The van der Waals surface area contributed by atoms with Crippen molar-refractivity contribution in [1.82, 2.24) is 0 Å². The topological polar surface area (TPSA) is 72.5 Å². The lowest BCUT2D eigenvalue weighted by atomic mass is 10.0. The summed E-state index contributed by atoms with van der Waals surface area (Å²) in [5.41, 5.74) is 4.67. The number of esters is 1. The average molecular weight is 482 g/mol. The van der Waals surface area contributed by atoms with Gasteiger partial charge in [-0.05, 0) is 64.7 Å². The van der Waals surface area contributed by atoms with Gasteiger partial charge in [-0.15, -0.1) is 0 Å². The van der Waals surface area contributed by atoms with Gasteiger partial charge < -0.3 is 4.74 Å². The smallest absolute Gasteiger partial charge is 0.308 e. The molecule has 0 saturated heterocycles. The van der Waals surface area contributed by atoms with E-state index in [0.29, 0.717) is 17.0 Å². The lowest BCUT2D eigenvalue weighted by molar-refractivity contribution is -0.134. The summed E-state index contributed by atoms with van der Waals surface area (Å²) in [5.74, 6) is -0.00478. The van der Waals surface area contributed by atoms with E-state index in [2.05, 4.69) is 4.72 Å². The number of hydrogen-bond donors (Lipinski definition) is 1. The SMILES string of the molecule is CC(=O)OC1=C(C)/C(=C\c2ccccc2)c2ccc(NS(=O)(=O)c3ccc4ccccc4c3)cc21. The molecule has 5 nitrogen and oxygen atoms in total. The first kappa shape index (κ1) is 22.6. The van der Waals surface area contributed by atoms with Crippen LogP contribution in [0.1, 0.15) is 30.5 Å². The molecule has 0 amide bonds. The van der Waals surface area contributed by atoms with Crippen molar-refractivity contribution in [2.45, 2.75) is 18.7 Å². The zero-order chi connectivity index (χ0) is 24.6. The van der Waals surface area contributed by atoms with Gasteiger partial charge in [0.05, 0.1) is 4.90 Å². The summed E-state index contributed by atoms with van der Waals surface area (Å²) < 4.78 is 34.5. The second-order valence-electron chi connectivity index (χ2n) is 8.39. The average Bonchev–Trinajstić information content (AvgIpc) is 3.09. The van der Waals surface area contributed by atoms with Crippen molar-refractivity contribution < 1.29 is 17.9 Å². The van der Waals surface area contributed by atoms with Crippen LogP contribution in [0.4, 0.5) is 5.69 Å². The number of carbonyl (C=O) groups is 1. The van der Waals surface area contributed by atoms with Gasteiger partial charge >= 0.3 is 5.97 Å². The number of sulfonamides is 1. The van der Waals surface area contributed by atoms with Crippen molar-refractivity contribution in [3.63, 3.8) is 0 Å². The Labute approximate surface area is 204 Å². The molecule has 6 heteroatoms. The molecule has 0 heterocycles. The third kappa shape index (κ3) is 4.48. The van der Waals surface area contributed by atoms with E-state index < -0.39 is 16.0 Å². The molecule has 0 saturated carbocycles. The van der Waals surface area contributed by atoms with Gasteiger partial charge in [-0.25, -0.2) is 8.42 Å². The summed E-state index contributed by atoms with van der Waals surface area (Å²) in [4.78, 5) is 12.0. The van der Waals surface area contributed by atoms with E-state index >= 15 is 0 Å². The summed E-state index contributed by atoms with van der Waals surface area (Å²) in [5, 5.41) is 1.81. The highest BCUT2D eigenvalue weighted by molar-refractivity contribution is 7.92. The van der Waals surface area contributed by atoms with Gasteiger partial charge in [0.15, 0.2) is 0 Å². The third-order valence-electron chi connectivity index (χ3n) is 5.94. The highest BCUT2D eigenvalue weighted by Gasteiger charge is 2.27. The van der Waals surface area contributed by atoms with E-state index in [4.69, 9.17) is 4.74 Å². The number of fused-ring (bicyclic) bond motifs is 2. The van der Waals surface area contributed by atoms with Crippen LogP contribution >= 0.6 is 0 Å². The lowest BCUT2D eigenvalue weighted by Gasteiger charge is -2.12. The molecule has 35 heavy (non-hydrogen) atoms. The molecule has 1 aliphatic rings. The molecule has 5 rings (SSSR count). The molecule has 0 fully saturated rings. The largest absolute Gasteiger partial charge is 0.426 e. The molecule has 0 aromatic heterocycles. The molecule has 1 N–H and O–H groups in total. The minimum Gasteiger partial charge on any atom is -0.426 e. The van der Waals surface area contributed by atoms with Crippen LogP contribution in [0.3, 0.4) is 0 Å². The molecule has 0 bridgehead atoms. The van der Waals surface area contributed by atoms with Crippen molar-refractivity contribution in [2.24, 2.45) is 0 Å². The van der Waals surface area contributed by atoms with Crippen LogP contribution in [-0.2, 0) is 19.6 Å². The molecule has 0 atom stereocenters. The minimum atomic E-state index is -3.83. The molecule has 4 aromatic carbocycles.